The van der Waals surface area contributed by atoms with Crippen LogP contribution in [0.2, 0.25) is 0 Å². The molecule has 1 aromatic heterocycles. The van der Waals surface area contributed by atoms with E-state index in [0.717, 1.165) is 0 Å². The molecule has 0 radical (unpaired) electrons. The van der Waals surface area contributed by atoms with Crippen LogP contribution in [-0.2, 0) is 6.54 Å². The van der Waals surface area contributed by atoms with Gasteiger partial charge in [-0.3, -0.25) is 0 Å². The fraction of sp³-hybridized carbons (Fsp3) is 0.143. The van der Waals surface area contributed by atoms with E-state index in [2.05, 4.69) is 4.98 Å². The molecule has 0 fully saturated rings. The molecule has 1 heterocycles. The summed E-state index contributed by atoms with van der Waals surface area (Å²) in [6.45, 7) is 2.42. The van der Waals surface area contributed by atoms with Crippen molar-refractivity contribution >= 4 is 0 Å². The third kappa shape index (κ3) is 2.41. The summed E-state index contributed by atoms with van der Waals surface area (Å²) in [7, 11) is 0. The first kappa shape index (κ1) is 12.7. The fourth-order valence-corrected chi connectivity index (χ4v) is 1.75. The SMILES string of the molecule is CC[n+]1cc(-c2ccc(F)cc2)nc(C#N)c1C#N. The van der Waals surface area contributed by atoms with Gasteiger partial charge < -0.3 is 0 Å². The lowest BCUT2D eigenvalue weighted by atomic mass is 10.1. The molecular weight excluding hydrogens is 243 g/mol. The van der Waals surface area contributed by atoms with E-state index in [0.29, 0.717) is 17.8 Å². The quantitative estimate of drug-likeness (QED) is 0.768. The van der Waals surface area contributed by atoms with Crippen LogP contribution in [0.5, 0.6) is 0 Å². The Kier molecular flexibility index (Phi) is 3.49. The van der Waals surface area contributed by atoms with Gasteiger partial charge >= 0.3 is 5.69 Å². The summed E-state index contributed by atoms with van der Waals surface area (Å²) in [5.41, 5.74) is 1.55. The van der Waals surface area contributed by atoms with Gasteiger partial charge in [0.25, 0.3) is 0 Å². The molecule has 0 bridgehead atoms. The van der Waals surface area contributed by atoms with Crippen LogP contribution in [0.25, 0.3) is 11.3 Å². The van der Waals surface area contributed by atoms with E-state index in [9.17, 15) is 4.39 Å². The molecule has 0 amide bonds. The molecule has 0 saturated carbocycles. The van der Waals surface area contributed by atoms with Crippen LogP contribution in [0.15, 0.2) is 30.5 Å². The first-order valence-electron chi connectivity index (χ1n) is 5.70. The van der Waals surface area contributed by atoms with E-state index in [1.165, 1.54) is 12.1 Å². The number of rotatable bonds is 2. The average molecular weight is 253 g/mol. The lowest BCUT2D eigenvalue weighted by Gasteiger charge is -2.02. The van der Waals surface area contributed by atoms with Crippen LogP contribution in [-0.4, -0.2) is 4.98 Å². The molecule has 0 aliphatic carbocycles. The molecule has 19 heavy (non-hydrogen) atoms. The molecule has 0 saturated heterocycles. The van der Waals surface area contributed by atoms with Gasteiger partial charge in [-0.05, 0) is 31.2 Å². The van der Waals surface area contributed by atoms with Crippen molar-refractivity contribution in [3.05, 3.63) is 47.7 Å². The molecular formula is C14H10FN4+. The molecule has 5 heteroatoms. The van der Waals surface area contributed by atoms with Crippen LogP contribution in [0.1, 0.15) is 18.3 Å². The molecule has 0 aliphatic rings. The lowest BCUT2D eigenvalue weighted by Crippen LogP contribution is -2.37. The van der Waals surface area contributed by atoms with Crippen molar-refractivity contribution in [3.63, 3.8) is 0 Å². The van der Waals surface area contributed by atoms with Crippen molar-refractivity contribution in [3.8, 4) is 23.4 Å². The average Bonchev–Trinajstić information content (AvgIpc) is 2.46. The first-order valence-corrected chi connectivity index (χ1v) is 5.70. The lowest BCUT2D eigenvalue weighted by molar-refractivity contribution is -0.696. The maximum Gasteiger partial charge on any atom is 0.320 e. The van der Waals surface area contributed by atoms with E-state index >= 15 is 0 Å². The standard InChI is InChI=1S/C14H10FN4/c1-2-19-9-13(10-3-5-11(15)6-4-10)18-12(7-16)14(19)8-17/h3-6,9H,2H2,1H3/q+1. The Morgan fingerprint density at radius 1 is 1.21 bits per heavy atom. The summed E-state index contributed by atoms with van der Waals surface area (Å²) in [4.78, 5) is 4.14. The molecule has 2 aromatic rings. The number of hydrogen-bond acceptors (Lipinski definition) is 3. The first-order chi connectivity index (χ1) is 9.19. The van der Waals surface area contributed by atoms with Crippen molar-refractivity contribution in [2.75, 3.05) is 0 Å². The smallest absolute Gasteiger partial charge is 0.224 e. The molecule has 0 spiro atoms. The van der Waals surface area contributed by atoms with Crippen LogP contribution in [0, 0.1) is 28.5 Å². The highest BCUT2D eigenvalue weighted by atomic mass is 19.1. The third-order valence-corrected chi connectivity index (χ3v) is 2.71. The van der Waals surface area contributed by atoms with Gasteiger partial charge in [-0.2, -0.15) is 15.1 Å². The maximum absolute atomic E-state index is 12.9. The van der Waals surface area contributed by atoms with Crippen LogP contribution in [0.3, 0.4) is 0 Å². The summed E-state index contributed by atoms with van der Waals surface area (Å²) in [5.74, 6) is -0.332. The van der Waals surface area contributed by atoms with E-state index in [1.54, 1.807) is 22.9 Å². The van der Waals surface area contributed by atoms with Gasteiger partial charge in [-0.25, -0.2) is 9.37 Å². The van der Waals surface area contributed by atoms with Crippen LogP contribution < -0.4 is 4.57 Å². The summed E-state index contributed by atoms with van der Waals surface area (Å²) in [6.07, 6.45) is 1.69. The van der Waals surface area contributed by atoms with Gasteiger partial charge in [-0.1, -0.05) is 0 Å². The highest BCUT2D eigenvalue weighted by Crippen LogP contribution is 2.17. The minimum atomic E-state index is -0.332. The Morgan fingerprint density at radius 2 is 1.89 bits per heavy atom. The Bertz CT molecular complexity index is 693. The Hall–Kier alpha value is -2.79. The van der Waals surface area contributed by atoms with Crippen molar-refractivity contribution in [1.29, 1.82) is 10.5 Å². The second kappa shape index (κ2) is 5.24. The molecule has 1 aromatic carbocycles. The van der Waals surface area contributed by atoms with Crippen molar-refractivity contribution in [1.82, 2.24) is 4.98 Å². The van der Waals surface area contributed by atoms with Crippen molar-refractivity contribution in [2.45, 2.75) is 13.5 Å². The van der Waals surface area contributed by atoms with Gasteiger partial charge in [0.05, 0.1) is 0 Å². The molecule has 0 aliphatic heterocycles. The van der Waals surface area contributed by atoms with Gasteiger partial charge in [-0.15, -0.1) is 0 Å². The zero-order chi connectivity index (χ0) is 13.8. The minimum Gasteiger partial charge on any atom is -0.224 e. The predicted octanol–water partition coefficient (Wildman–Crippen LogP) is 1.94. The zero-order valence-electron chi connectivity index (χ0n) is 10.3. The molecule has 0 N–H and O–H groups in total. The van der Waals surface area contributed by atoms with Crippen molar-refractivity contribution in [2.24, 2.45) is 0 Å². The molecule has 0 atom stereocenters. The highest BCUT2D eigenvalue weighted by molar-refractivity contribution is 5.58. The zero-order valence-corrected chi connectivity index (χ0v) is 10.3. The normalized spacial score (nSPS) is 9.68. The number of aryl methyl sites for hydroxylation is 1. The number of halogens is 1. The number of aromatic nitrogens is 2. The minimum absolute atomic E-state index is 0.0752. The van der Waals surface area contributed by atoms with Gasteiger partial charge in [0.1, 0.15) is 24.1 Å². The van der Waals surface area contributed by atoms with Gasteiger partial charge in [0.2, 0.25) is 5.69 Å². The van der Waals surface area contributed by atoms with Crippen LogP contribution in [0.4, 0.5) is 4.39 Å². The van der Waals surface area contributed by atoms with Crippen LogP contribution >= 0.6 is 0 Å². The summed E-state index contributed by atoms with van der Waals surface area (Å²) in [6, 6.07) is 9.72. The van der Waals surface area contributed by atoms with E-state index in [-0.39, 0.29) is 17.2 Å². The number of hydrogen-bond donors (Lipinski definition) is 0. The van der Waals surface area contributed by atoms with E-state index in [4.69, 9.17) is 10.5 Å². The van der Waals surface area contributed by atoms with Gasteiger partial charge in [0.15, 0.2) is 12.3 Å². The summed E-state index contributed by atoms with van der Waals surface area (Å²) < 4.78 is 14.5. The predicted molar refractivity (Wildman–Crippen MR) is 64.9 cm³/mol. The Labute approximate surface area is 110 Å². The van der Waals surface area contributed by atoms with Crippen molar-refractivity contribution < 1.29 is 8.96 Å². The van der Waals surface area contributed by atoms with Gasteiger partial charge in [0, 0.05) is 5.56 Å². The summed E-state index contributed by atoms with van der Waals surface area (Å²) >= 11 is 0. The summed E-state index contributed by atoms with van der Waals surface area (Å²) in [5, 5.41) is 18.1. The Balaban J connectivity index is 2.64. The fourth-order valence-electron chi connectivity index (χ4n) is 1.75. The topological polar surface area (TPSA) is 64.3 Å². The molecule has 0 unspecified atom stereocenters. The number of nitrogens with zero attached hydrogens (tertiary/aromatic N) is 4. The van der Waals surface area contributed by atoms with E-state index in [1.807, 2.05) is 19.1 Å². The maximum atomic E-state index is 12.9. The molecule has 2 rings (SSSR count). The second-order valence-corrected chi connectivity index (χ2v) is 3.84. The largest absolute Gasteiger partial charge is 0.320 e. The number of benzene rings is 1. The highest BCUT2D eigenvalue weighted by Gasteiger charge is 2.19. The number of nitriles is 2. The third-order valence-electron chi connectivity index (χ3n) is 2.71. The van der Waals surface area contributed by atoms with E-state index < -0.39 is 0 Å². The second-order valence-electron chi connectivity index (χ2n) is 3.84. The molecule has 4 nitrogen and oxygen atoms in total. The molecule has 92 valence electrons. The monoisotopic (exact) mass is 253 g/mol. The Morgan fingerprint density at radius 3 is 2.42 bits per heavy atom.